The molecule has 0 aromatic heterocycles. The lowest BCUT2D eigenvalue weighted by molar-refractivity contribution is -0.164. The first kappa shape index (κ1) is 16.8. The predicted molar refractivity (Wildman–Crippen MR) is 56.7 cm³/mol. The minimum absolute atomic E-state index is 0.158. The van der Waals surface area contributed by atoms with Crippen molar-refractivity contribution in [2.75, 3.05) is 0 Å². The Kier molecular flexibility index (Phi) is 4.39. The number of carboxylic acid groups (broad SMARTS) is 1. The van der Waals surface area contributed by atoms with Crippen LogP contribution in [0.4, 0.5) is 26.3 Å². The smallest absolute Gasteiger partial charge is 0.417 e. The number of rotatable bonds is 2. The van der Waals surface area contributed by atoms with Gasteiger partial charge in [0, 0.05) is 10.0 Å². The van der Waals surface area contributed by atoms with E-state index in [1.54, 1.807) is 0 Å². The molecular weight excluding hydrogens is 362 g/mol. The van der Waals surface area contributed by atoms with Crippen LogP contribution in [0.1, 0.15) is 22.8 Å². The molecule has 1 aromatic carbocycles. The van der Waals surface area contributed by atoms with E-state index in [-0.39, 0.29) is 6.07 Å². The Bertz CT molecular complexity index is 537. The quantitative estimate of drug-likeness (QED) is 0.786. The van der Waals surface area contributed by atoms with Gasteiger partial charge < -0.3 is 10.2 Å². The van der Waals surface area contributed by atoms with Gasteiger partial charge in [-0.1, -0.05) is 15.9 Å². The molecule has 0 aliphatic carbocycles. The fourth-order valence-electron chi connectivity index (χ4n) is 1.53. The van der Waals surface area contributed by atoms with Gasteiger partial charge in [0.1, 0.15) is 0 Å². The Hall–Kier alpha value is -1.29. The Labute approximate surface area is 116 Å². The van der Waals surface area contributed by atoms with Crippen LogP contribution in [0.2, 0.25) is 0 Å². The van der Waals surface area contributed by atoms with Crippen molar-refractivity contribution < 1.29 is 41.4 Å². The summed E-state index contributed by atoms with van der Waals surface area (Å²) in [5.74, 6) is -2.10. The highest BCUT2D eigenvalue weighted by Gasteiger charge is 2.47. The van der Waals surface area contributed by atoms with E-state index in [0.717, 1.165) is 0 Å². The maximum Gasteiger partial charge on any atom is 0.417 e. The second kappa shape index (κ2) is 5.24. The van der Waals surface area contributed by atoms with Gasteiger partial charge in [-0.15, -0.1) is 0 Å². The molecule has 1 rings (SSSR count). The molecule has 0 radical (unpaired) electrons. The van der Waals surface area contributed by atoms with Crippen molar-refractivity contribution in [3.63, 3.8) is 0 Å². The Morgan fingerprint density at radius 1 is 1.10 bits per heavy atom. The topological polar surface area (TPSA) is 57.5 Å². The van der Waals surface area contributed by atoms with Crippen molar-refractivity contribution in [2.24, 2.45) is 0 Å². The number of hydrogen-bond donors (Lipinski definition) is 2. The van der Waals surface area contributed by atoms with E-state index in [1.165, 1.54) is 0 Å². The second-order valence-corrected chi connectivity index (χ2v) is 4.47. The van der Waals surface area contributed by atoms with E-state index in [2.05, 4.69) is 15.9 Å². The average Bonchev–Trinajstić information content (AvgIpc) is 2.24. The van der Waals surface area contributed by atoms with Gasteiger partial charge in [-0.2, -0.15) is 26.3 Å². The molecule has 0 spiro atoms. The van der Waals surface area contributed by atoms with E-state index in [4.69, 9.17) is 5.11 Å². The Morgan fingerprint density at radius 3 is 1.95 bits per heavy atom. The van der Waals surface area contributed by atoms with Gasteiger partial charge in [0.05, 0.1) is 11.1 Å². The minimum Gasteiger partial charge on any atom is -0.479 e. The first-order valence-corrected chi connectivity index (χ1v) is 5.54. The maximum absolute atomic E-state index is 12.8. The van der Waals surface area contributed by atoms with Crippen LogP contribution >= 0.6 is 15.9 Å². The molecule has 0 saturated heterocycles. The SMILES string of the molecule is O=C(O)C(O)c1c(Br)ccc(C(F)(F)F)c1C(F)(F)F. The van der Waals surface area contributed by atoms with E-state index < -0.39 is 45.6 Å². The van der Waals surface area contributed by atoms with Crippen LogP contribution in [-0.4, -0.2) is 16.2 Å². The van der Waals surface area contributed by atoms with Gasteiger partial charge in [-0.05, 0) is 12.1 Å². The molecule has 0 bridgehead atoms. The number of aliphatic carboxylic acids is 1. The van der Waals surface area contributed by atoms with Crippen LogP contribution < -0.4 is 0 Å². The number of aliphatic hydroxyl groups excluding tert-OH is 1. The number of halogens is 7. The molecule has 112 valence electrons. The maximum atomic E-state index is 12.8. The Morgan fingerprint density at radius 2 is 1.60 bits per heavy atom. The number of alkyl halides is 6. The summed E-state index contributed by atoms with van der Waals surface area (Å²) in [4.78, 5) is 10.6. The van der Waals surface area contributed by atoms with Crippen LogP contribution in [0.25, 0.3) is 0 Å². The van der Waals surface area contributed by atoms with Gasteiger partial charge in [0.15, 0.2) is 6.10 Å². The number of hydrogen-bond acceptors (Lipinski definition) is 2. The molecule has 0 aliphatic rings. The van der Waals surface area contributed by atoms with E-state index in [1.807, 2.05) is 0 Å². The van der Waals surface area contributed by atoms with Crippen molar-refractivity contribution in [3.05, 3.63) is 33.3 Å². The highest BCUT2D eigenvalue weighted by Crippen LogP contribution is 2.45. The third-order valence-electron chi connectivity index (χ3n) is 2.29. The summed E-state index contributed by atoms with van der Waals surface area (Å²) in [6.07, 6.45) is -13.6. The fraction of sp³-hybridized carbons (Fsp3) is 0.300. The van der Waals surface area contributed by atoms with Gasteiger partial charge >= 0.3 is 18.3 Å². The van der Waals surface area contributed by atoms with Crippen molar-refractivity contribution >= 4 is 21.9 Å². The van der Waals surface area contributed by atoms with Crippen LogP contribution in [0, 0.1) is 0 Å². The lowest BCUT2D eigenvalue weighted by atomic mass is 9.96. The zero-order chi connectivity index (χ0) is 15.9. The summed E-state index contributed by atoms with van der Waals surface area (Å²) >= 11 is 2.52. The predicted octanol–water partition coefficient (Wildman–Crippen LogP) is 3.60. The van der Waals surface area contributed by atoms with Crippen molar-refractivity contribution in [3.8, 4) is 0 Å². The summed E-state index contributed by atoms with van der Waals surface area (Å²) in [6, 6.07) is 0.754. The largest absolute Gasteiger partial charge is 0.479 e. The van der Waals surface area contributed by atoms with E-state index in [9.17, 15) is 36.2 Å². The summed E-state index contributed by atoms with van der Waals surface area (Å²) in [6.45, 7) is 0. The molecule has 1 aromatic rings. The van der Waals surface area contributed by atoms with Crippen LogP contribution in [-0.2, 0) is 17.1 Å². The summed E-state index contributed by atoms with van der Waals surface area (Å²) in [5.41, 5.74) is -5.68. The van der Waals surface area contributed by atoms with Crippen LogP contribution in [0.5, 0.6) is 0 Å². The molecule has 2 N–H and O–H groups in total. The van der Waals surface area contributed by atoms with Gasteiger partial charge in [0.2, 0.25) is 0 Å². The first-order valence-electron chi connectivity index (χ1n) is 4.75. The monoisotopic (exact) mass is 366 g/mol. The van der Waals surface area contributed by atoms with Crippen LogP contribution in [0.15, 0.2) is 16.6 Å². The summed E-state index contributed by atoms with van der Waals surface area (Å²) < 4.78 is 75.7. The van der Waals surface area contributed by atoms with Crippen LogP contribution in [0.3, 0.4) is 0 Å². The standard InChI is InChI=1S/C10H5BrF6O3/c11-4-2-1-3(9(12,13)14)6(10(15,16)17)5(4)7(18)8(19)20/h1-2,7,18H,(H,19,20). The zero-order valence-electron chi connectivity index (χ0n) is 9.18. The molecule has 1 atom stereocenters. The number of carboxylic acids is 1. The molecule has 1 unspecified atom stereocenters. The third-order valence-corrected chi connectivity index (χ3v) is 2.98. The first-order chi connectivity index (χ1) is 8.87. The summed E-state index contributed by atoms with van der Waals surface area (Å²) in [7, 11) is 0. The second-order valence-electron chi connectivity index (χ2n) is 3.62. The summed E-state index contributed by atoms with van der Waals surface area (Å²) in [5, 5.41) is 17.7. The molecule has 3 nitrogen and oxygen atoms in total. The molecule has 0 saturated carbocycles. The van der Waals surface area contributed by atoms with Crippen molar-refractivity contribution in [1.82, 2.24) is 0 Å². The number of aliphatic hydroxyl groups is 1. The Balaban J connectivity index is 3.78. The molecule has 0 amide bonds. The third kappa shape index (κ3) is 3.23. The van der Waals surface area contributed by atoms with Crippen molar-refractivity contribution in [2.45, 2.75) is 18.5 Å². The molecule has 10 heteroatoms. The van der Waals surface area contributed by atoms with E-state index in [0.29, 0.717) is 6.07 Å². The molecule has 20 heavy (non-hydrogen) atoms. The highest BCUT2D eigenvalue weighted by atomic mass is 79.9. The number of benzene rings is 1. The number of carbonyl (C=O) groups is 1. The van der Waals surface area contributed by atoms with Gasteiger partial charge in [0.25, 0.3) is 0 Å². The molecular formula is C10H5BrF6O3. The fourth-order valence-corrected chi connectivity index (χ4v) is 2.07. The molecule has 0 heterocycles. The minimum atomic E-state index is -5.49. The van der Waals surface area contributed by atoms with E-state index >= 15 is 0 Å². The highest BCUT2D eigenvalue weighted by molar-refractivity contribution is 9.10. The molecule has 0 fully saturated rings. The molecule has 0 aliphatic heterocycles. The lowest BCUT2D eigenvalue weighted by Crippen LogP contribution is -2.23. The average molecular weight is 367 g/mol. The van der Waals surface area contributed by atoms with Crippen molar-refractivity contribution in [1.29, 1.82) is 0 Å². The van der Waals surface area contributed by atoms with Gasteiger partial charge in [-0.25, -0.2) is 4.79 Å². The lowest BCUT2D eigenvalue weighted by Gasteiger charge is -2.21. The van der Waals surface area contributed by atoms with Gasteiger partial charge in [-0.3, -0.25) is 0 Å². The zero-order valence-corrected chi connectivity index (χ0v) is 10.8. The normalized spacial score (nSPS) is 14.2.